The van der Waals surface area contributed by atoms with Gasteiger partial charge in [-0.25, -0.2) is 0 Å². The van der Waals surface area contributed by atoms with Gasteiger partial charge in [-0.2, -0.15) is 0 Å². The third-order valence-electron chi connectivity index (χ3n) is 3.43. The molecule has 0 aromatic heterocycles. The van der Waals surface area contributed by atoms with E-state index in [-0.39, 0.29) is 0 Å². The van der Waals surface area contributed by atoms with Crippen molar-refractivity contribution in [3.8, 4) is 0 Å². The van der Waals surface area contributed by atoms with Crippen LogP contribution in [-0.4, -0.2) is 0 Å². The van der Waals surface area contributed by atoms with E-state index in [0.717, 1.165) is 38.3 Å². The van der Waals surface area contributed by atoms with Crippen LogP contribution in [0.2, 0.25) is 5.02 Å². The van der Waals surface area contributed by atoms with E-state index >= 15 is 0 Å². The fraction of sp³-hybridized carbons (Fsp3) is 0.0588. The molecule has 0 heterocycles. The fourth-order valence-electron chi connectivity index (χ4n) is 2.36. The van der Waals surface area contributed by atoms with Crippen LogP contribution in [0, 0.1) is 0 Å². The molecule has 0 unspecified atom stereocenters. The summed E-state index contributed by atoms with van der Waals surface area (Å²) in [5.74, 6) is 0. The zero-order valence-electron chi connectivity index (χ0n) is 10.7. The van der Waals surface area contributed by atoms with Gasteiger partial charge in [-0.1, -0.05) is 57.9 Å². The predicted octanol–water partition coefficient (Wildman–Crippen LogP) is 5.04. The van der Waals surface area contributed by atoms with Crippen molar-refractivity contribution < 1.29 is 0 Å². The Morgan fingerprint density at radius 2 is 1.80 bits per heavy atom. The molecule has 0 aliphatic heterocycles. The molecule has 2 aromatic carbocycles. The molecule has 0 fully saturated rings. The first-order chi connectivity index (χ1) is 9.63. The third kappa shape index (κ3) is 2.67. The average Bonchev–Trinajstić information content (AvgIpc) is 2.74. The lowest BCUT2D eigenvalue weighted by Crippen LogP contribution is -1.95. The summed E-state index contributed by atoms with van der Waals surface area (Å²) in [6, 6.07) is 14.0. The highest BCUT2D eigenvalue weighted by molar-refractivity contribution is 9.10. The second-order valence-electron chi connectivity index (χ2n) is 4.80. The SMILES string of the molecule is NC1=C(/C=C/c2ccc(Cl)cc2)Cc2cc(Br)ccc21. The Labute approximate surface area is 131 Å². The molecular weight excluding hydrogens is 334 g/mol. The van der Waals surface area contributed by atoms with E-state index in [1.165, 1.54) is 5.56 Å². The molecule has 1 aliphatic rings. The van der Waals surface area contributed by atoms with Crippen molar-refractivity contribution in [1.29, 1.82) is 0 Å². The minimum Gasteiger partial charge on any atom is -0.398 e. The van der Waals surface area contributed by atoms with E-state index in [4.69, 9.17) is 17.3 Å². The maximum atomic E-state index is 6.22. The molecule has 2 N–H and O–H groups in total. The summed E-state index contributed by atoms with van der Waals surface area (Å²) in [6.45, 7) is 0. The highest BCUT2D eigenvalue weighted by Gasteiger charge is 2.17. The maximum absolute atomic E-state index is 6.22. The van der Waals surface area contributed by atoms with Crippen LogP contribution in [0.5, 0.6) is 0 Å². The summed E-state index contributed by atoms with van der Waals surface area (Å²) < 4.78 is 1.09. The molecule has 0 atom stereocenters. The molecule has 0 spiro atoms. The van der Waals surface area contributed by atoms with Crippen LogP contribution in [0.3, 0.4) is 0 Å². The van der Waals surface area contributed by atoms with Crippen LogP contribution in [0.1, 0.15) is 16.7 Å². The Bertz CT molecular complexity index is 714. The van der Waals surface area contributed by atoms with Crippen molar-refractivity contribution in [2.75, 3.05) is 0 Å². The van der Waals surface area contributed by atoms with E-state index in [0.29, 0.717) is 0 Å². The summed E-state index contributed by atoms with van der Waals surface area (Å²) in [6.07, 6.45) is 5.04. The first-order valence-electron chi connectivity index (χ1n) is 6.34. The Morgan fingerprint density at radius 1 is 1.05 bits per heavy atom. The van der Waals surface area contributed by atoms with Crippen LogP contribution >= 0.6 is 27.5 Å². The van der Waals surface area contributed by atoms with Crippen molar-refractivity contribution >= 4 is 39.3 Å². The fourth-order valence-corrected chi connectivity index (χ4v) is 2.90. The average molecular weight is 347 g/mol. The summed E-state index contributed by atoms with van der Waals surface area (Å²) in [5, 5.41) is 0.749. The van der Waals surface area contributed by atoms with Crippen molar-refractivity contribution in [2.24, 2.45) is 5.73 Å². The number of hydrogen-bond donors (Lipinski definition) is 1. The van der Waals surface area contributed by atoms with Gasteiger partial charge in [0.05, 0.1) is 0 Å². The van der Waals surface area contributed by atoms with E-state index < -0.39 is 0 Å². The molecule has 0 amide bonds. The summed E-state index contributed by atoms with van der Waals surface area (Å²) in [4.78, 5) is 0. The van der Waals surface area contributed by atoms with Gasteiger partial charge in [-0.05, 0) is 41.0 Å². The van der Waals surface area contributed by atoms with Gasteiger partial charge in [0.1, 0.15) is 0 Å². The summed E-state index contributed by atoms with van der Waals surface area (Å²) >= 11 is 9.38. The molecule has 1 nitrogen and oxygen atoms in total. The van der Waals surface area contributed by atoms with Gasteiger partial charge in [-0.3, -0.25) is 0 Å². The molecule has 100 valence electrons. The topological polar surface area (TPSA) is 26.0 Å². The smallest absolute Gasteiger partial charge is 0.0426 e. The minimum atomic E-state index is 0.749. The van der Waals surface area contributed by atoms with Crippen molar-refractivity contribution in [3.63, 3.8) is 0 Å². The second kappa shape index (κ2) is 5.47. The molecule has 3 heteroatoms. The van der Waals surface area contributed by atoms with Gasteiger partial charge < -0.3 is 5.73 Å². The van der Waals surface area contributed by atoms with Crippen LogP contribution in [0.15, 0.2) is 58.6 Å². The summed E-state index contributed by atoms with van der Waals surface area (Å²) in [7, 11) is 0. The molecule has 0 radical (unpaired) electrons. The normalized spacial score (nSPS) is 14.1. The van der Waals surface area contributed by atoms with Crippen molar-refractivity contribution in [1.82, 2.24) is 0 Å². The maximum Gasteiger partial charge on any atom is 0.0426 e. The van der Waals surface area contributed by atoms with Crippen molar-refractivity contribution in [2.45, 2.75) is 6.42 Å². The Hall–Kier alpha value is -1.51. The lowest BCUT2D eigenvalue weighted by Gasteiger charge is -2.00. The van der Waals surface area contributed by atoms with E-state index in [1.54, 1.807) is 0 Å². The largest absolute Gasteiger partial charge is 0.398 e. The number of nitrogens with two attached hydrogens (primary N) is 1. The highest BCUT2D eigenvalue weighted by Crippen LogP contribution is 2.32. The third-order valence-corrected chi connectivity index (χ3v) is 4.18. The zero-order chi connectivity index (χ0) is 14.1. The lowest BCUT2D eigenvalue weighted by atomic mass is 10.1. The molecule has 0 saturated heterocycles. The van der Waals surface area contributed by atoms with Gasteiger partial charge >= 0.3 is 0 Å². The Kier molecular flexibility index (Phi) is 3.68. The van der Waals surface area contributed by atoms with E-state index in [2.05, 4.69) is 40.2 Å². The van der Waals surface area contributed by atoms with Gasteiger partial charge in [0.2, 0.25) is 0 Å². The number of benzene rings is 2. The van der Waals surface area contributed by atoms with Crippen LogP contribution in [0.4, 0.5) is 0 Å². The highest BCUT2D eigenvalue weighted by atomic mass is 79.9. The number of halogens is 2. The first kappa shape index (κ1) is 13.5. The summed E-state index contributed by atoms with van der Waals surface area (Å²) in [5.41, 5.74) is 11.8. The number of fused-ring (bicyclic) bond motifs is 1. The molecular formula is C17H13BrClN. The standard InChI is InChI=1S/C17H13BrClN/c18-14-5-8-16-13(10-14)9-12(17(16)20)4-1-11-2-6-15(19)7-3-11/h1-8,10H,9,20H2/b4-1+. The predicted molar refractivity (Wildman–Crippen MR) is 89.4 cm³/mol. The van der Waals surface area contributed by atoms with E-state index in [1.807, 2.05) is 30.3 Å². The molecule has 3 rings (SSSR count). The van der Waals surface area contributed by atoms with Gasteiger partial charge in [0, 0.05) is 27.2 Å². The quantitative estimate of drug-likeness (QED) is 0.810. The van der Waals surface area contributed by atoms with Crippen LogP contribution in [0.25, 0.3) is 11.8 Å². The Morgan fingerprint density at radius 3 is 2.55 bits per heavy atom. The second-order valence-corrected chi connectivity index (χ2v) is 6.15. The van der Waals surface area contributed by atoms with Crippen LogP contribution < -0.4 is 5.73 Å². The first-order valence-corrected chi connectivity index (χ1v) is 7.51. The minimum absolute atomic E-state index is 0.749. The molecule has 2 aromatic rings. The van der Waals surface area contributed by atoms with Crippen molar-refractivity contribution in [3.05, 3.63) is 80.3 Å². The Balaban J connectivity index is 1.86. The molecule has 0 bridgehead atoms. The molecule has 20 heavy (non-hydrogen) atoms. The number of allylic oxidation sites excluding steroid dienone is 2. The zero-order valence-corrected chi connectivity index (χ0v) is 13.1. The number of rotatable bonds is 2. The van der Waals surface area contributed by atoms with Gasteiger partial charge in [0.15, 0.2) is 0 Å². The lowest BCUT2D eigenvalue weighted by molar-refractivity contribution is 1.24. The van der Waals surface area contributed by atoms with Crippen LogP contribution in [-0.2, 0) is 6.42 Å². The molecule has 0 saturated carbocycles. The van der Waals surface area contributed by atoms with Gasteiger partial charge in [0.25, 0.3) is 0 Å². The van der Waals surface area contributed by atoms with Gasteiger partial charge in [-0.15, -0.1) is 0 Å². The van der Waals surface area contributed by atoms with E-state index in [9.17, 15) is 0 Å². The monoisotopic (exact) mass is 345 g/mol. The number of hydrogen-bond acceptors (Lipinski definition) is 1. The molecule has 1 aliphatic carbocycles.